The first-order chi connectivity index (χ1) is 8.75. The summed E-state index contributed by atoms with van der Waals surface area (Å²) in [5.41, 5.74) is 1.12. The molecule has 4 nitrogen and oxygen atoms in total. The molecule has 0 aliphatic rings. The van der Waals surface area contributed by atoms with Crippen molar-refractivity contribution < 1.29 is 0 Å². The van der Waals surface area contributed by atoms with E-state index in [1.807, 2.05) is 37.6 Å². The molecule has 2 aromatic rings. The van der Waals surface area contributed by atoms with Gasteiger partial charge in [-0.1, -0.05) is 6.07 Å². The highest BCUT2D eigenvalue weighted by molar-refractivity contribution is 5.02. The normalized spacial score (nSPS) is 11.1. The van der Waals surface area contributed by atoms with Crippen LogP contribution in [0, 0.1) is 6.92 Å². The monoisotopic (exact) mass is 244 g/mol. The van der Waals surface area contributed by atoms with Crippen molar-refractivity contribution in [2.75, 3.05) is 13.6 Å². The van der Waals surface area contributed by atoms with Crippen LogP contribution in [0.3, 0.4) is 0 Å². The van der Waals surface area contributed by atoms with Crippen LogP contribution in [0.15, 0.2) is 36.8 Å². The molecule has 0 aliphatic heterocycles. The average molecular weight is 244 g/mol. The lowest BCUT2D eigenvalue weighted by atomic mass is 10.3. The molecule has 0 radical (unpaired) electrons. The van der Waals surface area contributed by atoms with Crippen LogP contribution in [0.25, 0.3) is 0 Å². The summed E-state index contributed by atoms with van der Waals surface area (Å²) >= 11 is 0. The predicted octanol–water partition coefficient (Wildman–Crippen LogP) is 2.11. The second-order valence-corrected chi connectivity index (χ2v) is 4.58. The third-order valence-electron chi connectivity index (χ3n) is 3.02. The molecule has 2 aromatic heterocycles. The number of rotatable bonds is 6. The fraction of sp³-hybridized carbons (Fsp3) is 0.429. The molecule has 0 aromatic carbocycles. The fourth-order valence-corrected chi connectivity index (χ4v) is 2.00. The van der Waals surface area contributed by atoms with Gasteiger partial charge in [0.25, 0.3) is 0 Å². The highest BCUT2D eigenvalue weighted by Crippen LogP contribution is 2.02. The summed E-state index contributed by atoms with van der Waals surface area (Å²) in [4.78, 5) is 10.9. The molecule has 0 amide bonds. The van der Waals surface area contributed by atoms with Gasteiger partial charge in [-0.2, -0.15) is 0 Å². The standard InChI is InChI=1S/C14H20N4/c1-13-15-8-11-18(13)10-5-9-17(2)12-14-6-3-4-7-16-14/h3-4,6-8,11H,5,9-10,12H2,1-2H3. The zero-order chi connectivity index (χ0) is 12.8. The predicted molar refractivity (Wildman–Crippen MR) is 72.2 cm³/mol. The van der Waals surface area contributed by atoms with E-state index in [-0.39, 0.29) is 0 Å². The third-order valence-corrected chi connectivity index (χ3v) is 3.02. The first kappa shape index (κ1) is 12.8. The van der Waals surface area contributed by atoms with Gasteiger partial charge in [0.2, 0.25) is 0 Å². The Balaban J connectivity index is 1.72. The molecule has 0 fully saturated rings. The molecule has 0 atom stereocenters. The third kappa shape index (κ3) is 3.67. The molecule has 18 heavy (non-hydrogen) atoms. The number of hydrogen-bond acceptors (Lipinski definition) is 3. The molecule has 0 saturated carbocycles. The van der Waals surface area contributed by atoms with Gasteiger partial charge in [-0.05, 0) is 39.1 Å². The van der Waals surface area contributed by atoms with Crippen molar-refractivity contribution in [3.05, 3.63) is 48.3 Å². The Morgan fingerprint density at radius 2 is 2.11 bits per heavy atom. The highest BCUT2D eigenvalue weighted by atomic mass is 15.1. The summed E-state index contributed by atoms with van der Waals surface area (Å²) in [6.45, 7) is 5.04. The first-order valence-electron chi connectivity index (χ1n) is 6.32. The maximum absolute atomic E-state index is 4.33. The first-order valence-corrected chi connectivity index (χ1v) is 6.32. The minimum absolute atomic E-state index is 0.906. The summed E-state index contributed by atoms with van der Waals surface area (Å²) in [5, 5.41) is 0. The maximum Gasteiger partial charge on any atom is 0.105 e. The number of aromatic nitrogens is 3. The number of aryl methyl sites for hydroxylation is 2. The van der Waals surface area contributed by atoms with Gasteiger partial charge in [0.1, 0.15) is 5.82 Å². The summed E-state index contributed by atoms with van der Waals surface area (Å²) < 4.78 is 2.19. The van der Waals surface area contributed by atoms with E-state index in [9.17, 15) is 0 Å². The van der Waals surface area contributed by atoms with Gasteiger partial charge in [0.05, 0.1) is 5.69 Å². The Morgan fingerprint density at radius 3 is 2.78 bits per heavy atom. The van der Waals surface area contributed by atoms with E-state index in [4.69, 9.17) is 0 Å². The summed E-state index contributed by atoms with van der Waals surface area (Å²) in [7, 11) is 2.13. The number of hydrogen-bond donors (Lipinski definition) is 0. The maximum atomic E-state index is 4.33. The lowest BCUT2D eigenvalue weighted by Crippen LogP contribution is -2.21. The van der Waals surface area contributed by atoms with Crippen molar-refractivity contribution in [1.29, 1.82) is 0 Å². The van der Waals surface area contributed by atoms with Crippen LogP contribution >= 0.6 is 0 Å². The van der Waals surface area contributed by atoms with Gasteiger partial charge < -0.3 is 9.47 Å². The van der Waals surface area contributed by atoms with Crippen LogP contribution in [0.1, 0.15) is 17.9 Å². The van der Waals surface area contributed by atoms with E-state index in [1.165, 1.54) is 0 Å². The smallest absolute Gasteiger partial charge is 0.105 e. The van der Waals surface area contributed by atoms with E-state index in [0.29, 0.717) is 0 Å². The van der Waals surface area contributed by atoms with Gasteiger partial charge in [-0.25, -0.2) is 4.98 Å². The van der Waals surface area contributed by atoms with Gasteiger partial charge in [0, 0.05) is 31.7 Å². The highest BCUT2D eigenvalue weighted by Gasteiger charge is 2.02. The molecular formula is C14H20N4. The Labute approximate surface area is 108 Å². The summed E-state index contributed by atoms with van der Waals surface area (Å²) in [5.74, 6) is 1.09. The molecular weight excluding hydrogens is 224 g/mol. The zero-order valence-electron chi connectivity index (χ0n) is 11.1. The van der Waals surface area contributed by atoms with Crippen LogP contribution in [-0.4, -0.2) is 33.0 Å². The van der Waals surface area contributed by atoms with Crippen LogP contribution in [0.4, 0.5) is 0 Å². The quantitative estimate of drug-likeness (QED) is 0.780. The average Bonchev–Trinajstić information content (AvgIpc) is 2.76. The number of pyridine rings is 1. The van der Waals surface area contributed by atoms with Crippen molar-refractivity contribution in [2.45, 2.75) is 26.4 Å². The van der Waals surface area contributed by atoms with E-state index in [1.54, 1.807) is 0 Å². The lowest BCUT2D eigenvalue weighted by Gasteiger charge is -2.16. The van der Waals surface area contributed by atoms with Crippen molar-refractivity contribution in [1.82, 2.24) is 19.4 Å². The van der Waals surface area contributed by atoms with Crippen LogP contribution in [0.5, 0.6) is 0 Å². The van der Waals surface area contributed by atoms with Crippen molar-refractivity contribution in [3.63, 3.8) is 0 Å². The molecule has 0 saturated heterocycles. The second kappa shape index (κ2) is 6.31. The van der Waals surface area contributed by atoms with Crippen molar-refractivity contribution in [2.24, 2.45) is 0 Å². The molecule has 0 N–H and O–H groups in total. The Morgan fingerprint density at radius 1 is 1.22 bits per heavy atom. The van der Waals surface area contributed by atoms with E-state index < -0.39 is 0 Å². The fourth-order valence-electron chi connectivity index (χ4n) is 2.00. The molecule has 2 rings (SSSR count). The SMILES string of the molecule is Cc1nccn1CCCN(C)Cc1ccccn1. The van der Waals surface area contributed by atoms with Crippen LogP contribution in [-0.2, 0) is 13.1 Å². The molecule has 0 unspecified atom stereocenters. The Bertz CT molecular complexity index is 464. The largest absolute Gasteiger partial charge is 0.335 e. The molecule has 96 valence electrons. The van der Waals surface area contributed by atoms with E-state index in [0.717, 1.165) is 37.6 Å². The van der Waals surface area contributed by atoms with Crippen LogP contribution in [0.2, 0.25) is 0 Å². The number of nitrogens with zero attached hydrogens (tertiary/aromatic N) is 4. The summed E-state index contributed by atoms with van der Waals surface area (Å²) in [6, 6.07) is 6.05. The molecule has 0 bridgehead atoms. The van der Waals surface area contributed by atoms with Gasteiger partial charge in [0.15, 0.2) is 0 Å². The van der Waals surface area contributed by atoms with Crippen molar-refractivity contribution in [3.8, 4) is 0 Å². The lowest BCUT2D eigenvalue weighted by molar-refractivity contribution is 0.310. The molecule has 0 spiro atoms. The van der Waals surface area contributed by atoms with E-state index >= 15 is 0 Å². The minimum atomic E-state index is 0.906. The summed E-state index contributed by atoms with van der Waals surface area (Å²) in [6.07, 6.45) is 6.86. The van der Waals surface area contributed by atoms with Gasteiger partial charge in [-0.15, -0.1) is 0 Å². The molecule has 2 heterocycles. The Hall–Kier alpha value is -1.68. The van der Waals surface area contributed by atoms with Gasteiger partial charge >= 0.3 is 0 Å². The minimum Gasteiger partial charge on any atom is -0.335 e. The topological polar surface area (TPSA) is 34.0 Å². The van der Waals surface area contributed by atoms with Crippen LogP contribution < -0.4 is 0 Å². The van der Waals surface area contributed by atoms with Crippen molar-refractivity contribution >= 4 is 0 Å². The molecule has 4 heteroatoms. The van der Waals surface area contributed by atoms with E-state index in [2.05, 4.69) is 32.5 Å². The van der Waals surface area contributed by atoms with Gasteiger partial charge in [-0.3, -0.25) is 4.98 Å². The Kier molecular flexibility index (Phi) is 4.47. The zero-order valence-corrected chi connectivity index (χ0v) is 11.1. The second-order valence-electron chi connectivity index (χ2n) is 4.58. The molecule has 0 aliphatic carbocycles. The number of imidazole rings is 1.